The van der Waals surface area contributed by atoms with Crippen molar-refractivity contribution in [3.8, 4) is 0 Å². The molecule has 4 aromatic rings. The highest BCUT2D eigenvalue weighted by molar-refractivity contribution is 6.14. The fourth-order valence-corrected chi connectivity index (χ4v) is 8.50. The zero-order chi connectivity index (χ0) is 30.7. The van der Waals surface area contributed by atoms with Crippen molar-refractivity contribution in [2.45, 2.75) is 82.1 Å². The first-order valence-corrected chi connectivity index (χ1v) is 16.2. The standard InChI is InChI=1S/C36H43BN4O3/c1-24(2)31-5-3-4-6-32(31)35(43)10-11-36(37,44)41(35)30-20-34(21-30)12-15-40(16-13-34)29-8-7-27(23-42)28(19-29)18-25-17-26-9-14-38-33(26)39-22-25/h3-9,14,17,19,22-24,30,43-44H,10-13,15-16,18,20-21,37H2,1-2H3,(H,38,39). The number of carbonyl (C=O) groups excluding carboxylic acids is 1. The zero-order valence-corrected chi connectivity index (χ0v) is 26.1. The molecule has 0 radical (unpaired) electrons. The molecule has 1 aliphatic carbocycles. The molecule has 7 rings (SSSR count). The maximum atomic E-state index is 12.2. The van der Waals surface area contributed by atoms with Gasteiger partial charge in [0.15, 0.2) is 7.85 Å². The highest BCUT2D eigenvalue weighted by Crippen LogP contribution is 2.57. The third kappa shape index (κ3) is 4.97. The molecule has 3 aliphatic rings. The summed E-state index contributed by atoms with van der Waals surface area (Å²) in [6, 6.07) is 18.7. The number of aliphatic hydroxyl groups is 2. The van der Waals surface area contributed by atoms with E-state index in [-0.39, 0.29) is 11.5 Å². The zero-order valence-electron chi connectivity index (χ0n) is 26.1. The Morgan fingerprint density at radius 3 is 2.57 bits per heavy atom. The van der Waals surface area contributed by atoms with E-state index in [2.05, 4.69) is 63.9 Å². The molecule has 0 amide bonds. The Bertz CT molecular complexity index is 1680. The Morgan fingerprint density at radius 1 is 1.05 bits per heavy atom. The van der Waals surface area contributed by atoms with E-state index in [1.54, 1.807) is 0 Å². The van der Waals surface area contributed by atoms with Crippen molar-refractivity contribution in [2.75, 3.05) is 18.0 Å². The van der Waals surface area contributed by atoms with Gasteiger partial charge in [-0.1, -0.05) is 38.1 Å². The molecule has 2 aromatic heterocycles. The van der Waals surface area contributed by atoms with E-state index in [1.165, 1.54) is 0 Å². The van der Waals surface area contributed by atoms with Crippen LogP contribution in [-0.2, 0) is 12.1 Å². The first-order valence-electron chi connectivity index (χ1n) is 16.2. The average Bonchev–Trinajstić information content (AvgIpc) is 3.57. The maximum absolute atomic E-state index is 12.2. The largest absolute Gasteiger partial charge is 0.384 e. The molecule has 3 fully saturated rings. The molecule has 1 saturated carbocycles. The number of aromatic amines is 1. The van der Waals surface area contributed by atoms with Crippen molar-refractivity contribution >= 4 is 30.9 Å². The van der Waals surface area contributed by atoms with Gasteiger partial charge in [-0.05, 0) is 103 Å². The van der Waals surface area contributed by atoms with Crippen molar-refractivity contribution in [3.63, 3.8) is 0 Å². The topological polar surface area (TPSA) is 92.7 Å². The van der Waals surface area contributed by atoms with Crippen LogP contribution in [-0.4, -0.2) is 64.0 Å². The van der Waals surface area contributed by atoms with Crippen LogP contribution in [0.3, 0.4) is 0 Å². The number of hydrogen-bond donors (Lipinski definition) is 3. The number of piperidine rings is 1. The number of hydrogen-bond acceptors (Lipinski definition) is 6. The Hall–Kier alpha value is -3.46. The highest BCUT2D eigenvalue weighted by atomic mass is 16.4. The fourth-order valence-electron chi connectivity index (χ4n) is 8.50. The average molecular weight is 591 g/mol. The Balaban J connectivity index is 1.05. The lowest BCUT2D eigenvalue weighted by molar-refractivity contribution is -0.210. The SMILES string of the molecule is BC1(O)CCC(O)(c2ccccc2C(C)C)N1C1CC2(CCN(c3ccc(C=O)c(Cc4cnc5[nH]ccc5c4)c3)CC2)C1. The third-order valence-electron chi connectivity index (χ3n) is 10.9. The number of benzene rings is 2. The number of rotatable bonds is 7. The van der Waals surface area contributed by atoms with Crippen LogP contribution < -0.4 is 4.90 Å². The van der Waals surface area contributed by atoms with Crippen molar-refractivity contribution in [1.29, 1.82) is 0 Å². The lowest BCUT2D eigenvalue weighted by Gasteiger charge is -2.59. The summed E-state index contributed by atoms with van der Waals surface area (Å²) in [5.41, 5.74) is 5.01. The van der Waals surface area contributed by atoms with E-state index in [0.717, 1.165) is 89.6 Å². The summed E-state index contributed by atoms with van der Waals surface area (Å²) in [5.74, 6) is 0.292. The first-order chi connectivity index (χ1) is 21.1. The van der Waals surface area contributed by atoms with Crippen LogP contribution in [0.1, 0.15) is 90.9 Å². The fraction of sp³-hybridized carbons (Fsp3) is 0.444. The number of likely N-dealkylation sites (tertiary alicyclic amines) is 1. The third-order valence-corrected chi connectivity index (χ3v) is 10.9. The predicted molar refractivity (Wildman–Crippen MR) is 177 cm³/mol. The summed E-state index contributed by atoms with van der Waals surface area (Å²) in [5, 5.41) is 24.9. The van der Waals surface area contributed by atoms with Gasteiger partial charge in [0.2, 0.25) is 0 Å². The minimum absolute atomic E-state index is 0.147. The number of carbonyl (C=O) groups is 1. The van der Waals surface area contributed by atoms with Gasteiger partial charge in [0.05, 0.1) is 5.62 Å². The number of aldehydes is 1. The number of fused-ring (bicyclic) bond motifs is 1. The van der Waals surface area contributed by atoms with E-state index in [1.807, 2.05) is 44.5 Å². The van der Waals surface area contributed by atoms with Crippen LogP contribution in [0, 0.1) is 5.41 Å². The van der Waals surface area contributed by atoms with Gasteiger partial charge in [-0.15, -0.1) is 0 Å². The molecule has 44 heavy (non-hydrogen) atoms. The molecule has 1 spiro atoms. The van der Waals surface area contributed by atoms with Gasteiger partial charge in [0, 0.05) is 53.7 Å². The smallest absolute Gasteiger partial charge is 0.162 e. The molecule has 8 heteroatoms. The Kier molecular flexibility index (Phi) is 7.23. The summed E-state index contributed by atoms with van der Waals surface area (Å²) < 4.78 is 0. The number of anilines is 1. The molecular formula is C36H43BN4O3. The van der Waals surface area contributed by atoms with Crippen molar-refractivity contribution < 1.29 is 15.0 Å². The maximum Gasteiger partial charge on any atom is 0.162 e. The van der Waals surface area contributed by atoms with E-state index < -0.39 is 11.3 Å². The van der Waals surface area contributed by atoms with Gasteiger partial charge in [-0.3, -0.25) is 4.79 Å². The monoisotopic (exact) mass is 590 g/mol. The molecule has 2 aromatic carbocycles. The number of nitrogens with zero attached hydrogens (tertiary/aromatic N) is 3. The second-order valence-corrected chi connectivity index (χ2v) is 14.1. The van der Waals surface area contributed by atoms with Crippen LogP contribution in [0.5, 0.6) is 0 Å². The number of nitrogens with one attached hydrogen (secondary N) is 1. The molecular weight excluding hydrogens is 547 g/mol. The quantitative estimate of drug-likeness (QED) is 0.206. The van der Waals surface area contributed by atoms with Gasteiger partial charge < -0.3 is 20.1 Å². The number of pyridine rings is 1. The van der Waals surface area contributed by atoms with Gasteiger partial charge in [0.1, 0.15) is 17.7 Å². The summed E-state index contributed by atoms with van der Waals surface area (Å²) in [6.45, 7) is 6.25. The van der Waals surface area contributed by atoms with Crippen LogP contribution in [0.25, 0.3) is 11.0 Å². The molecule has 2 aliphatic heterocycles. The van der Waals surface area contributed by atoms with Crippen LogP contribution in [0.4, 0.5) is 5.69 Å². The van der Waals surface area contributed by atoms with E-state index in [0.29, 0.717) is 25.2 Å². The normalized spacial score (nSPS) is 25.6. The van der Waals surface area contributed by atoms with E-state index in [4.69, 9.17) is 0 Å². The molecule has 228 valence electrons. The summed E-state index contributed by atoms with van der Waals surface area (Å²) in [4.78, 5) is 24.1. The van der Waals surface area contributed by atoms with Crippen LogP contribution in [0.2, 0.25) is 0 Å². The summed E-state index contributed by atoms with van der Waals surface area (Å²) in [6.07, 6.45) is 10.6. The van der Waals surface area contributed by atoms with E-state index >= 15 is 0 Å². The van der Waals surface area contributed by atoms with Gasteiger partial charge in [0.25, 0.3) is 0 Å². The van der Waals surface area contributed by atoms with Gasteiger partial charge >= 0.3 is 0 Å². The molecule has 7 nitrogen and oxygen atoms in total. The summed E-state index contributed by atoms with van der Waals surface area (Å²) in [7, 11) is 1.88. The molecule has 4 heterocycles. The molecule has 0 bridgehead atoms. The van der Waals surface area contributed by atoms with Crippen molar-refractivity contribution in [1.82, 2.24) is 14.9 Å². The lowest BCUT2D eigenvalue weighted by atomic mass is 9.59. The second kappa shape index (κ2) is 10.9. The second-order valence-electron chi connectivity index (χ2n) is 14.1. The number of aromatic nitrogens is 2. The number of H-pyrrole nitrogens is 1. The van der Waals surface area contributed by atoms with Gasteiger partial charge in [-0.2, -0.15) is 0 Å². The van der Waals surface area contributed by atoms with Crippen LogP contribution in [0.15, 0.2) is 67.0 Å². The van der Waals surface area contributed by atoms with Crippen molar-refractivity contribution in [3.05, 3.63) is 94.8 Å². The lowest BCUT2D eigenvalue weighted by Crippen LogP contribution is -2.64. The van der Waals surface area contributed by atoms with Crippen molar-refractivity contribution in [2.24, 2.45) is 5.41 Å². The first kappa shape index (κ1) is 29.3. The summed E-state index contributed by atoms with van der Waals surface area (Å²) >= 11 is 0. The van der Waals surface area contributed by atoms with Crippen LogP contribution >= 0.6 is 0 Å². The predicted octanol–water partition coefficient (Wildman–Crippen LogP) is 5.06. The Labute approximate surface area is 260 Å². The Morgan fingerprint density at radius 2 is 1.82 bits per heavy atom. The minimum atomic E-state index is -1.16. The molecule has 3 N–H and O–H groups in total. The highest BCUT2D eigenvalue weighted by Gasteiger charge is 2.60. The van der Waals surface area contributed by atoms with Gasteiger partial charge in [-0.25, -0.2) is 9.88 Å². The van der Waals surface area contributed by atoms with E-state index in [9.17, 15) is 15.0 Å². The molecule has 2 saturated heterocycles. The molecule has 2 atom stereocenters. The molecule has 2 unspecified atom stereocenters. The minimum Gasteiger partial charge on any atom is -0.384 e.